The van der Waals surface area contributed by atoms with E-state index in [2.05, 4.69) is 25.0 Å². The molecule has 0 radical (unpaired) electrons. The third-order valence-corrected chi connectivity index (χ3v) is 5.87. The standard InChI is InChI=1S/C20H24N6O/c1-2-16(3-1)17-12-19(23-14-22-17)27-13-15-5-9-25(10-6-15)20-18-4-7-24-26(18)11-8-21-20/h4,7-8,11-12,14-16H,1-3,5-6,9-10,13H2. The van der Waals surface area contributed by atoms with Crippen LogP contribution in [0.25, 0.3) is 5.52 Å². The molecule has 0 bridgehead atoms. The molecule has 140 valence electrons. The van der Waals surface area contributed by atoms with Crippen LogP contribution in [0.15, 0.2) is 37.1 Å². The van der Waals surface area contributed by atoms with Gasteiger partial charge in [0.1, 0.15) is 11.8 Å². The summed E-state index contributed by atoms with van der Waals surface area (Å²) in [5.41, 5.74) is 2.21. The highest BCUT2D eigenvalue weighted by atomic mass is 16.5. The topological polar surface area (TPSA) is 68.4 Å². The highest BCUT2D eigenvalue weighted by Crippen LogP contribution is 2.35. The minimum absolute atomic E-state index is 0.549. The molecular formula is C20H24N6O. The van der Waals surface area contributed by atoms with E-state index >= 15 is 0 Å². The Bertz CT molecular complexity index is 913. The van der Waals surface area contributed by atoms with Crippen molar-refractivity contribution in [1.29, 1.82) is 0 Å². The zero-order chi connectivity index (χ0) is 18.1. The molecular weight excluding hydrogens is 340 g/mol. The fraction of sp³-hybridized carbons (Fsp3) is 0.500. The molecule has 0 aromatic carbocycles. The summed E-state index contributed by atoms with van der Waals surface area (Å²) in [5, 5.41) is 4.30. The Morgan fingerprint density at radius 3 is 2.74 bits per heavy atom. The molecule has 4 heterocycles. The molecule has 1 saturated heterocycles. The molecule has 5 rings (SSSR count). The number of hydrogen-bond donors (Lipinski definition) is 0. The lowest BCUT2D eigenvalue weighted by Crippen LogP contribution is -2.36. The first-order chi connectivity index (χ1) is 13.4. The van der Waals surface area contributed by atoms with E-state index in [4.69, 9.17) is 4.74 Å². The maximum atomic E-state index is 6.00. The Balaban J connectivity index is 1.17. The Kier molecular flexibility index (Phi) is 4.35. The van der Waals surface area contributed by atoms with Gasteiger partial charge in [0.15, 0.2) is 5.82 Å². The van der Waals surface area contributed by atoms with Crippen LogP contribution < -0.4 is 9.64 Å². The number of ether oxygens (including phenoxy) is 1. The quantitative estimate of drug-likeness (QED) is 0.693. The monoisotopic (exact) mass is 364 g/mol. The Morgan fingerprint density at radius 2 is 1.93 bits per heavy atom. The van der Waals surface area contributed by atoms with Gasteiger partial charge in [0.05, 0.1) is 18.5 Å². The zero-order valence-electron chi connectivity index (χ0n) is 15.4. The van der Waals surface area contributed by atoms with E-state index in [1.54, 1.807) is 6.33 Å². The largest absolute Gasteiger partial charge is 0.477 e. The average molecular weight is 364 g/mol. The number of rotatable bonds is 5. The van der Waals surface area contributed by atoms with Gasteiger partial charge in [-0.05, 0) is 37.7 Å². The molecule has 0 amide bonds. The van der Waals surface area contributed by atoms with Crippen LogP contribution in [-0.4, -0.2) is 44.3 Å². The summed E-state index contributed by atoms with van der Waals surface area (Å²) in [6.45, 7) is 2.70. The first-order valence-corrected chi connectivity index (χ1v) is 9.85. The SMILES string of the molecule is c1nc(OCC2CCN(c3nccn4nccc34)CC2)cc(C2CCC2)n1. The minimum Gasteiger partial charge on any atom is -0.477 e. The van der Waals surface area contributed by atoms with Crippen molar-refractivity contribution in [2.45, 2.75) is 38.0 Å². The van der Waals surface area contributed by atoms with E-state index in [1.165, 1.54) is 19.3 Å². The molecule has 1 saturated carbocycles. The van der Waals surface area contributed by atoms with E-state index in [0.29, 0.717) is 11.8 Å². The predicted octanol–water partition coefficient (Wildman–Crippen LogP) is 3.08. The molecule has 2 fully saturated rings. The van der Waals surface area contributed by atoms with Crippen molar-refractivity contribution in [3.8, 4) is 5.88 Å². The Hall–Kier alpha value is -2.70. The molecule has 1 aliphatic carbocycles. The fourth-order valence-electron chi connectivity index (χ4n) is 3.96. The summed E-state index contributed by atoms with van der Waals surface area (Å²) in [6, 6.07) is 4.05. The summed E-state index contributed by atoms with van der Waals surface area (Å²) in [6.07, 6.45) is 13.2. The van der Waals surface area contributed by atoms with Crippen molar-refractivity contribution in [2.24, 2.45) is 5.92 Å². The van der Waals surface area contributed by atoms with Crippen molar-refractivity contribution in [2.75, 3.05) is 24.6 Å². The molecule has 27 heavy (non-hydrogen) atoms. The van der Waals surface area contributed by atoms with Gasteiger partial charge in [0, 0.05) is 37.5 Å². The maximum absolute atomic E-state index is 6.00. The van der Waals surface area contributed by atoms with Crippen molar-refractivity contribution < 1.29 is 4.74 Å². The Morgan fingerprint density at radius 1 is 1.04 bits per heavy atom. The summed E-state index contributed by atoms with van der Waals surface area (Å²) < 4.78 is 7.89. The zero-order valence-corrected chi connectivity index (χ0v) is 15.4. The number of piperidine rings is 1. The van der Waals surface area contributed by atoms with Crippen LogP contribution in [0.1, 0.15) is 43.7 Å². The van der Waals surface area contributed by atoms with E-state index in [0.717, 1.165) is 55.4 Å². The van der Waals surface area contributed by atoms with Crippen LogP contribution in [-0.2, 0) is 0 Å². The highest BCUT2D eigenvalue weighted by Gasteiger charge is 2.24. The summed E-state index contributed by atoms with van der Waals surface area (Å²) in [5.74, 6) is 2.90. The number of fused-ring (bicyclic) bond motifs is 1. The smallest absolute Gasteiger partial charge is 0.216 e. The molecule has 7 heteroatoms. The minimum atomic E-state index is 0.549. The van der Waals surface area contributed by atoms with E-state index < -0.39 is 0 Å². The van der Waals surface area contributed by atoms with Gasteiger partial charge < -0.3 is 9.64 Å². The molecule has 3 aromatic heterocycles. The molecule has 0 unspecified atom stereocenters. The molecule has 7 nitrogen and oxygen atoms in total. The maximum Gasteiger partial charge on any atom is 0.216 e. The molecule has 0 atom stereocenters. The van der Waals surface area contributed by atoms with Gasteiger partial charge in [0.25, 0.3) is 0 Å². The highest BCUT2D eigenvalue weighted by molar-refractivity contribution is 5.68. The van der Waals surface area contributed by atoms with E-state index in [1.807, 2.05) is 35.2 Å². The van der Waals surface area contributed by atoms with E-state index in [9.17, 15) is 0 Å². The van der Waals surface area contributed by atoms with Crippen molar-refractivity contribution in [3.63, 3.8) is 0 Å². The molecule has 0 spiro atoms. The van der Waals surface area contributed by atoms with E-state index in [-0.39, 0.29) is 0 Å². The average Bonchev–Trinajstić information content (AvgIpc) is 3.15. The molecule has 3 aromatic rings. The predicted molar refractivity (Wildman–Crippen MR) is 102 cm³/mol. The van der Waals surface area contributed by atoms with Gasteiger partial charge in [-0.1, -0.05) is 6.42 Å². The molecule has 2 aliphatic rings. The number of hydrogen-bond acceptors (Lipinski definition) is 6. The second kappa shape index (κ2) is 7.13. The van der Waals surface area contributed by atoms with Gasteiger partial charge >= 0.3 is 0 Å². The number of anilines is 1. The lowest BCUT2D eigenvalue weighted by molar-refractivity contribution is 0.215. The first-order valence-electron chi connectivity index (χ1n) is 9.85. The number of aromatic nitrogens is 5. The lowest BCUT2D eigenvalue weighted by atomic mass is 9.83. The summed E-state index contributed by atoms with van der Waals surface area (Å²) in [4.78, 5) is 15.6. The van der Waals surface area contributed by atoms with Crippen LogP contribution in [0.3, 0.4) is 0 Å². The van der Waals surface area contributed by atoms with Gasteiger partial charge in [-0.3, -0.25) is 0 Å². The second-order valence-electron chi connectivity index (χ2n) is 7.56. The van der Waals surface area contributed by atoms with Crippen molar-refractivity contribution in [1.82, 2.24) is 24.6 Å². The summed E-state index contributed by atoms with van der Waals surface area (Å²) >= 11 is 0. The van der Waals surface area contributed by atoms with Crippen molar-refractivity contribution >= 4 is 11.3 Å². The van der Waals surface area contributed by atoms with Gasteiger partial charge in [-0.2, -0.15) is 5.10 Å². The van der Waals surface area contributed by atoms with Gasteiger partial charge in [-0.15, -0.1) is 0 Å². The van der Waals surface area contributed by atoms with Crippen LogP contribution >= 0.6 is 0 Å². The van der Waals surface area contributed by atoms with Crippen molar-refractivity contribution in [3.05, 3.63) is 42.7 Å². The van der Waals surface area contributed by atoms with Crippen LogP contribution in [0.2, 0.25) is 0 Å². The molecule has 0 N–H and O–H groups in total. The second-order valence-corrected chi connectivity index (χ2v) is 7.56. The van der Waals surface area contributed by atoms with Crippen LogP contribution in [0.5, 0.6) is 5.88 Å². The summed E-state index contributed by atoms with van der Waals surface area (Å²) in [7, 11) is 0. The Labute approximate surface area is 158 Å². The molecule has 1 aliphatic heterocycles. The van der Waals surface area contributed by atoms with Gasteiger partial charge in [0.2, 0.25) is 5.88 Å². The lowest BCUT2D eigenvalue weighted by Gasteiger charge is -2.32. The number of nitrogens with zero attached hydrogens (tertiary/aromatic N) is 6. The van der Waals surface area contributed by atoms with Crippen LogP contribution in [0, 0.1) is 5.92 Å². The third kappa shape index (κ3) is 3.34. The third-order valence-electron chi connectivity index (χ3n) is 5.87. The van der Waals surface area contributed by atoms with Gasteiger partial charge in [-0.25, -0.2) is 19.5 Å². The first kappa shape index (κ1) is 16.5. The fourth-order valence-corrected chi connectivity index (χ4v) is 3.96. The normalized spacial score (nSPS) is 18.6. The van der Waals surface area contributed by atoms with Crippen LogP contribution in [0.4, 0.5) is 5.82 Å².